The number of nitrogens with zero attached hydrogens (tertiary/aromatic N) is 3. The number of carboxylic acids is 1. The van der Waals surface area contributed by atoms with E-state index < -0.39 is 5.97 Å². The molecule has 1 aliphatic carbocycles. The van der Waals surface area contributed by atoms with Gasteiger partial charge in [-0.05, 0) is 25.7 Å². The molecule has 0 amide bonds. The van der Waals surface area contributed by atoms with Gasteiger partial charge in [-0.2, -0.15) is 0 Å². The van der Waals surface area contributed by atoms with Crippen LogP contribution in [0.15, 0.2) is 12.4 Å². The van der Waals surface area contributed by atoms with Gasteiger partial charge in [0.05, 0.1) is 0 Å². The van der Waals surface area contributed by atoms with Crippen LogP contribution in [0.3, 0.4) is 0 Å². The second-order valence-corrected chi connectivity index (χ2v) is 5.22. The highest BCUT2D eigenvalue weighted by atomic mass is 16.4. The minimum Gasteiger partial charge on any atom is -0.476 e. The standard InChI is InChI=1S/C14H17N3O2/c1-9-15-7-11(10-5-3-2-4-6-10)13-16-12(14(18)19)8-17(9)13/h7-8,10H,2-6H2,1H3,(H,18,19). The molecule has 5 heteroatoms. The SMILES string of the molecule is Cc1ncc(C2CCCCC2)c2nc(C(=O)O)cn12. The number of hydrogen-bond donors (Lipinski definition) is 1. The molecule has 1 fully saturated rings. The summed E-state index contributed by atoms with van der Waals surface area (Å²) in [5.41, 5.74) is 1.95. The van der Waals surface area contributed by atoms with Gasteiger partial charge in [-0.15, -0.1) is 0 Å². The monoisotopic (exact) mass is 259 g/mol. The Morgan fingerprint density at radius 2 is 2.11 bits per heavy atom. The Labute approximate surface area is 111 Å². The summed E-state index contributed by atoms with van der Waals surface area (Å²) in [6, 6.07) is 0. The third-order valence-corrected chi connectivity index (χ3v) is 3.97. The highest BCUT2D eigenvalue weighted by molar-refractivity contribution is 5.86. The van der Waals surface area contributed by atoms with Gasteiger partial charge in [0.1, 0.15) is 11.5 Å². The Kier molecular flexibility index (Phi) is 2.97. The Morgan fingerprint density at radius 3 is 2.79 bits per heavy atom. The van der Waals surface area contributed by atoms with Crippen molar-refractivity contribution >= 4 is 11.6 Å². The van der Waals surface area contributed by atoms with Gasteiger partial charge in [-0.1, -0.05) is 19.3 Å². The van der Waals surface area contributed by atoms with Crippen LogP contribution in [0.1, 0.15) is 59.9 Å². The van der Waals surface area contributed by atoms with Crippen LogP contribution in [-0.4, -0.2) is 25.4 Å². The summed E-state index contributed by atoms with van der Waals surface area (Å²) in [6.45, 7) is 1.87. The molecule has 100 valence electrons. The average molecular weight is 259 g/mol. The van der Waals surface area contributed by atoms with Crippen LogP contribution >= 0.6 is 0 Å². The zero-order valence-corrected chi connectivity index (χ0v) is 11.0. The van der Waals surface area contributed by atoms with Crippen molar-refractivity contribution in [2.45, 2.75) is 44.9 Å². The van der Waals surface area contributed by atoms with E-state index in [1.54, 1.807) is 10.6 Å². The van der Waals surface area contributed by atoms with Gasteiger partial charge in [-0.25, -0.2) is 14.8 Å². The maximum absolute atomic E-state index is 11.1. The molecule has 3 rings (SSSR count). The second kappa shape index (κ2) is 4.64. The Bertz CT molecular complexity index is 627. The molecule has 1 saturated carbocycles. The first-order valence-corrected chi connectivity index (χ1v) is 6.74. The summed E-state index contributed by atoms with van der Waals surface area (Å²) in [6.07, 6.45) is 9.49. The number of fused-ring (bicyclic) bond motifs is 1. The van der Waals surface area contributed by atoms with Crippen molar-refractivity contribution in [2.24, 2.45) is 0 Å². The third-order valence-electron chi connectivity index (χ3n) is 3.97. The molecule has 2 aromatic rings. The van der Waals surface area contributed by atoms with Crippen molar-refractivity contribution in [3.63, 3.8) is 0 Å². The van der Waals surface area contributed by atoms with Crippen molar-refractivity contribution in [2.75, 3.05) is 0 Å². The van der Waals surface area contributed by atoms with E-state index in [-0.39, 0.29) is 5.69 Å². The minimum absolute atomic E-state index is 0.0909. The molecular weight excluding hydrogens is 242 g/mol. The lowest BCUT2D eigenvalue weighted by molar-refractivity contribution is 0.0691. The summed E-state index contributed by atoms with van der Waals surface area (Å²) in [4.78, 5) is 19.7. The quantitative estimate of drug-likeness (QED) is 0.900. The van der Waals surface area contributed by atoms with Gasteiger partial charge in [0.15, 0.2) is 5.69 Å². The van der Waals surface area contributed by atoms with E-state index in [4.69, 9.17) is 5.11 Å². The Hall–Kier alpha value is -1.91. The molecule has 1 aliphatic rings. The first kappa shape index (κ1) is 12.1. The van der Waals surface area contributed by atoms with Gasteiger partial charge in [0.2, 0.25) is 0 Å². The number of imidazole rings is 1. The zero-order chi connectivity index (χ0) is 13.4. The fourth-order valence-corrected chi connectivity index (χ4v) is 2.92. The van der Waals surface area contributed by atoms with Crippen LogP contribution in [0.5, 0.6) is 0 Å². The van der Waals surface area contributed by atoms with Crippen LogP contribution in [-0.2, 0) is 0 Å². The number of hydrogen-bond acceptors (Lipinski definition) is 3. The Balaban J connectivity index is 2.13. The fourth-order valence-electron chi connectivity index (χ4n) is 2.92. The van der Waals surface area contributed by atoms with Crippen molar-refractivity contribution < 1.29 is 9.90 Å². The molecule has 0 aliphatic heterocycles. The summed E-state index contributed by atoms with van der Waals surface area (Å²) in [5.74, 6) is 0.251. The van der Waals surface area contributed by atoms with Crippen LogP contribution < -0.4 is 0 Å². The first-order chi connectivity index (χ1) is 9.16. The number of carboxylic acid groups (broad SMARTS) is 1. The van der Waals surface area contributed by atoms with Gasteiger partial charge in [0, 0.05) is 18.0 Å². The van der Waals surface area contributed by atoms with E-state index in [2.05, 4.69) is 9.97 Å². The third kappa shape index (κ3) is 2.09. The number of aromatic carboxylic acids is 1. The van der Waals surface area contributed by atoms with Gasteiger partial charge in [-0.3, -0.25) is 4.40 Å². The second-order valence-electron chi connectivity index (χ2n) is 5.22. The number of aryl methyl sites for hydroxylation is 1. The van der Waals surface area contributed by atoms with Crippen LogP contribution in [0.2, 0.25) is 0 Å². The fraction of sp³-hybridized carbons (Fsp3) is 0.500. The van der Waals surface area contributed by atoms with Crippen LogP contribution in [0.4, 0.5) is 0 Å². The van der Waals surface area contributed by atoms with Crippen LogP contribution in [0.25, 0.3) is 5.65 Å². The predicted molar refractivity (Wildman–Crippen MR) is 70.5 cm³/mol. The molecule has 2 aromatic heterocycles. The van der Waals surface area contributed by atoms with Crippen molar-refractivity contribution in [3.8, 4) is 0 Å². The average Bonchev–Trinajstić information content (AvgIpc) is 2.86. The van der Waals surface area contributed by atoms with Gasteiger partial charge < -0.3 is 5.11 Å². The lowest BCUT2D eigenvalue weighted by atomic mass is 9.85. The van der Waals surface area contributed by atoms with Crippen LogP contribution in [0, 0.1) is 6.92 Å². The molecule has 0 spiro atoms. The van der Waals surface area contributed by atoms with Crippen molar-refractivity contribution in [1.82, 2.24) is 14.4 Å². The summed E-state index contributed by atoms with van der Waals surface area (Å²) >= 11 is 0. The predicted octanol–water partition coefficient (Wildman–Crippen LogP) is 2.78. The molecule has 0 aromatic carbocycles. The molecule has 2 heterocycles. The lowest BCUT2D eigenvalue weighted by Gasteiger charge is -2.22. The number of aromatic nitrogens is 3. The number of carbonyl (C=O) groups is 1. The lowest BCUT2D eigenvalue weighted by Crippen LogP contribution is -2.08. The number of rotatable bonds is 2. The molecule has 19 heavy (non-hydrogen) atoms. The maximum Gasteiger partial charge on any atom is 0.356 e. The maximum atomic E-state index is 11.1. The normalized spacial score (nSPS) is 16.9. The molecule has 0 bridgehead atoms. The van der Waals surface area contributed by atoms with E-state index in [0.29, 0.717) is 5.92 Å². The largest absolute Gasteiger partial charge is 0.476 e. The highest BCUT2D eigenvalue weighted by Crippen LogP contribution is 2.34. The smallest absolute Gasteiger partial charge is 0.356 e. The van der Waals surface area contributed by atoms with E-state index in [9.17, 15) is 4.79 Å². The highest BCUT2D eigenvalue weighted by Gasteiger charge is 2.21. The molecule has 0 atom stereocenters. The zero-order valence-electron chi connectivity index (χ0n) is 11.0. The molecule has 0 saturated heterocycles. The topological polar surface area (TPSA) is 67.5 Å². The van der Waals surface area contributed by atoms with Crippen molar-refractivity contribution in [3.05, 3.63) is 29.5 Å². The first-order valence-electron chi connectivity index (χ1n) is 6.74. The van der Waals surface area contributed by atoms with E-state index >= 15 is 0 Å². The molecule has 0 radical (unpaired) electrons. The molecule has 0 unspecified atom stereocenters. The van der Waals surface area contributed by atoms with E-state index in [0.717, 1.165) is 29.9 Å². The molecular formula is C14H17N3O2. The minimum atomic E-state index is -0.988. The summed E-state index contributed by atoms with van der Waals surface area (Å²) in [5, 5.41) is 9.08. The van der Waals surface area contributed by atoms with Gasteiger partial charge >= 0.3 is 5.97 Å². The summed E-state index contributed by atoms with van der Waals surface area (Å²) in [7, 11) is 0. The summed E-state index contributed by atoms with van der Waals surface area (Å²) < 4.78 is 1.80. The Morgan fingerprint density at radius 1 is 1.37 bits per heavy atom. The van der Waals surface area contributed by atoms with Crippen molar-refractivity contribution in [1.29, 1.82) is 0 Å². The van der Waals surface area contributed by atoms with Gasteiger partial charge in [0.25, 0.3) is 0 Å². The molecule has 1 N–H and O–H groups in total. The van der Waals surface area contributed by atoms with E-state index in [1.807, 2.05) is 13.1 Å². The molecule has 5 nitrogen and oxygen atoms in total. The van der Waals surface area contributed by atoms with E-state index in [1.165, 1.54) is 19.3 Å².